The van der Waals surface area contributed by atoms with E-state index in [-0.39, 0.29) is 5.91 Å². The van der Waals surface area contributed by atoms with Crippen molar-refractivity contribution in [3.63, 3.8) is 0 Å². The van der Waals surface area contributed by atoms with Crippen molar-refractivity contribution in [2.45, 2.75) is 13.5 Å². The van der Waals surface area contributed by atoms with Crippen molar-refractivity contribution < 1.29 is 9.21 Å². The summed E-state index contributed by atoms with van der Waals surface area (Å²) in [5.74, 6) is 0.525. The molecule has 3 aromatic heterocycles. The van der Waals surface area contributed by atoms with Gasteiger partial charge in [-0.05, 0) is 25.1 Å². The summed E-state index contributed by atoms with van der Waals surface area (Å²) in [6.07, 6.45) is 1.59. The number of nitrogens with zero attached hydrogens (tertiary/aromatic N) is 3. The smallest absolute Gasteiger partial charge is 0.252 e. The van der Waals surface area contributed by atoms with Gasteiger partial charge in [0.15, 0.2) is 5.65 Å². The number of amides is 1. The van der Waals surface area contributed by atoms with E-state index < -0.39 is 0 Å². The zero-order valence-corrected chi connectivity index (χ0v) is 14.6. The molecular weight excluding hydrogens is 328 g/mol. The Morgan fingerprint density at radius 1 is 1.19 bits per heavy atom. The zero-order chi connectivity index (χ0) is 18.1. The maximum Gasteiger partial charge on any atom is 0.252 e. The van der Waals surface area contributed by atoms with Gasteiger partial charge in [-0.15, -0.1) is 0 Å². The van der Waals surface area contributed by atoms with Gasteiger partial charge in [-0.25, -0.2) is 4.98 Å². The summed E-state index contributed by atoms with van der Waals surface area (Å²) in [4.78, 5) is 17.6. The first kappa shape index (κ1) is 16.1. The summed E-state index contributed by atoms with van der Waals surface area (Å²) in [5, 5.41) is 8.11. The number of aryl methyl sites for hydroxylation is 2. The van der Waals surface area contributed by atoms with E-state index in [1.54, 1.807) is 17.0 Å². The first-order chi connectivity index (χ1) is 12.6. The van der Waals surface area contributed by atoms with Crippen LogP contribution in [0.1, 0.15) is 21.8 Å². The number of nitrogens with one attached hydrogen (secondary N) is 1. The van der Waals surface area contributed by atoms with Gasteiger partial charge in [0.1, 0.15) is 5.76 Å². The highest BCUT2D eigenvalue weighted by atomic mass is 16.3. The molecule has 0 fully saturated rings. The predicted octanol–water partition coefficient (Wildman–Crippen LogP) is 3.47. The highest BCUT2D eigenvalue weighted by Gasteiger charge is 2.19. The molecule has 0 spiro atoms. The number of hydrogen-bond acceptors (Lipinski definition) is 4. The lowest BCUT2D eigenvalue weighted by atomic mass is 10.0. The van der Waals surface area contributed by atoms with Crippen LogP contribution in [0.4, 0.5) is 0 Å². The van der Waals surface area contributed by atoms with Gasteiger partial charge in [-0.3, -0.25) is 9.48 Å². The normalized spacial score (nSPS) is 11.0. The second kappa shape index (κ2) is 6.48. The molecule has 130 valence electrons. The third-order valence-corrected chi connectivity index (χ3v) is 4.29. The van der Waals surface area contributed by atoms with E-state index in [4.69, 9.17) is 9.40 Å². The van der Waals surface area contributed by atoms with Crippen LogP contribution < -0.4 is 5.32 Å². The minimum absolute atomic E-state index is 0.179. The molecule has 0 aliphatic rings. The number of hydrogen-bond donors (Lipinski definition) is 1. The molecule has 6 heteroatoms. The molecule has 1 aromatic carbocycles. The minimum Gasteiger partial charge on any atom is -0.467 e. The van der Waals surface area contributed by atoms with Crippen molar-refractivity contribution in [2.24, 2.45) is 7.05 Å². The van der Waals surface area contributed by atoms with Crippen LogP contribution >= 0.6 is 0 Å². The highest BCUT2D eigenvalue weighted by Crippen LogP contribution is 2.26. The third kappa shape index (κ3) is 2.86. The molecule has 1 N–H and O–H groups in total. The fourth-order valence-corrected chi connectivity index (χ4v) is 3.06. The van der Waals surface area contributed by atoms with E-state index in [9.17, 15) is 4.79 Å². The molecule has 0 bridgehead atoms. The van der Waals surface area contributed by atoms with Gasteiger partial charge in [0.2, 0.25) is 0 Å². The van der Waals surface area contributed by atoms with Crippen molar-refractivity contribution in [1.29, 1.82) is 0 Å². The molecule has 4 aromatic rings. The minimum atomic E-state index is -0.179. The van der Waals surface area contributed by atoms with E-state index >= 15 is 0 Å². The lowest BCUT2D eigenvalue weighted by Gasteiger charge is -2.09. The number of pyridine rings is 1. The van der Waals surface area contributed by atoms with E-state index in [1.807, 2.05) is 56.4 Å². The first-order valence-electron chi connectivity index (χ1n) is 8.34. The Kier molecular flexibility index (Phi) is 4.01. The molecule has 3 heterocycles. The van der Waals surface area contributed by atoms with E-state index in [1.165, 1.54) is 0 Å². The molecule has 4 rings (SSSR count). The van der Waals surface area contributed by atoms with Gasteiger partial charge >= 0.3 is 0 Å². The Bertz CT molecular complexity index is 1070. The summed E-state index contributed by atoms with van der Waals surface area (Å²) in [5.41, 5.74) is 3.72. The van der Waals surface area contributed by atoms with Crippen LogP contribution in [0.5, 0.6) is 0 Å². The summed E-state index contributed by atoms with van der Waals surface area (Å²) in [6, 6.07) is 15.2. The molecule has 0 aliphatic carbocycles. The van der Waals surface area contributed by atoms with Crippen LogP contribution in [-0.2, 0) is 13.6 Å². The van der Waals surface area contributed by atoms with E-state index in [0.29, 0.717) is 23.5 Å². The standard InChI is InChI=1S/C20H18N4O2/c1-13-18-16(20(25)21-12-15-9-6-10-26-15)11-17(14-7-4-3-5-8-14)22-19(18)24(2)23-13/h3-11H,12H2,1-2H3,(H,21,25). The molecule has 0 radical (unpaired) electrons. The fraction of sp³-hybridized carbons (Fsp3) is 0.150. The van der Waals surface area contributed by atoms with E-state index in [0.717, 1.165) is 22.3 Å². The number of benzene rings is 1. The average Bonchev–Trinajstić information content (AvgIpc) is 3.28. The molecule has 0 aliphatic heterocycles. The molecule has 0 unspecified atom stereocenters. The monoisotopic (exact) mass is 346 g/mol. The predicted molar refractivity (Wildman–Crippen MR) is 98.6 cm³/mol. The van der Waals surface area contributed by atoms with E-state index in [2.05, 4.69) is 10.4 Å². The highest BCUT2D eigenvalue weighted by molar-refractivity contribution is 6.07. The maximum atomic E-state index is 12.9. The second-order valence-corrected chi connectivity index (χ2v) is 6.09. The van der Waals surface area contributed by atoms with Crippen molar-refractivity contribution in [3.8, 4) is 11.3 Å². The second-order valence-electron chi connectivity index (χ2n) is 6.09. The summed E-state index contributed by atoms with van der Waals surface area (Å²) in [6.45, 7) is 2.21. The number of fused-ring (bicyclic) bond motifs is 1. The van der Waals surface area contributed by atoms with Gasteiger partial charge < -0.3 is 9.73 Å². The summed E-state index contributed by atoms with van der Waals surface area (Å²) < 4.78 is 6.99. The zero-order valence-electron chi connectivity index (χ0n) is 14.6. The Hall–Kier alpha value is -3.41. The van der Waals surface area contributed by atoms with Crippen LogP contribution in [0.3, 0.4) is 0 Å². The molecule has 0 saturated carbocycles. The summed E-state index contributed by atoms with van der Waals surface area (Å²) >= 11 is 0. The van der Waals surface area contributed by atoms with Crippen LogP contribution in [0, 0.1) is 6.92 Å². The number of rotatable bonds is 4. The molecule has 6 nitrogen and oxygen atoms in total. The molecule has 1 amide bonds. The quantitative estimate of drug-likeness (QED) is 0.614. The molecular formula is C20H18N4O2. The fourth-order valence-electron chi connectivity index (χ4n) is 3.06. The molecule has 26 heavy (non-hydrogen) atoms. The molecule has 0 atom stereocenters. The lowest BCUT2D eigenvalue weighted by Crippen LogP contribution is -2.23. The van der Waals surface area contributed by atoms with Crippen molar-refractivity contribution in [3.05, 3.63) is 71.8 Å². The Balaban J connectivity index is 1.79. The third-order valence-electron chi connectivity index (χ3n) is 4.29. The number of carbonyl (C=O) groups excluding carboxylic acids is 1. The average molecular weight is 346 g/mol. The van der Waals surface area contributed by atoms with Gasteiger partial charge in [0.25, 0.3) is 5.91 Å². The Labute approximate surface area is 150 Å². The van der Waals surface area contributed by atoms with Gasteiger partial charge in [0, 0.05) is 12.6 Å². The van der Waals surface area contributed by atoms with Crippen molar-refractivity contribution in [2.75, 3.05) is 0 Å². The van der Waals surface area contributed by atoms with Crippen molar-refractivity contribution in [1.82, 2.24) is 20.1 Å². The largest absolute Gasteiger partial charge is 0.467 e. The maximum absolute atomic E-state index is 12.9. The lowest BCUT2D eigenvalue weighted by molar-refractivity contribution is 0.0949. The van der Waals surface area contributed by atoms with Gasteiger partial charge in [-0.2, -0.15) is 5.10 Å². The number of aromatic nitrogens is 3. The molecule has 0 saturated heterocycles. The van der Waals surface area contributed by atoms with Crippen LogP contribution in [0.15, 0.2) is 59.2 Å². The SMILES string of the molecule is Cc1nn(C)c2nc(-c3ccccc3)cc(C(=O)NCc3ccco3)c12. The number of carbonyl (C=O) groups is 1. The number of furan rings is 1. The van der Waals surface area contributed by atoms with Crippen LogP contribution in [-0.4, -0.2) is 20.7 Å². The first-order valence-corrected chi connectivity index (χ1v) is 8.34. The van der Waals surface area contributed by atoms with Crippen molar-refractivity contribution >= 4 is 16.9 Å². The van der Waals surface area contributed by atoms with Crippen LogP contribution in [0.25, 0.3) is 22.3 Å². The van der Waals surface area contributed by atoms with Gasteiger partial charge in [0.05, 0.1) is 35.1 Å². The van der Waals surface area contributed by atoms with Gasteiger partial charge in [-0.1, -0.05) is 30.3 Å². The Morgan fingerprint density at radius 2 is 2.00 bits per heavy atom. The van der Waals surface area contributed by atoms with Crippen LogP contribution in [0.2, 0.25) is 0 Å². The summed E-state index contributed by atoms with van der Waals surface area (Å²) in [7, 11) is 1.83. The Morgan fingerprint density at radius 3 is 2.73 bits per heavy atom. The topological polar surface area (TPSA) is 73.0 Å².